The minimum Gasteiger partial charge on any atom is -0.313 e. The second-order valence-corrected chi connectivity index (χ2v) is 4.56. The van der Waals surface area contributed by atoms with Gasteiger partial charge in [0.05, 0.1) is 0 Å². The van der Waals surface area contributed by atoms with Crippen LogP contribution < -0.4 is 5.32 Å². The Kier molecular flexibility index (Phi) is 1.37. The summed E-state index contributed by atoms with van der Waals surface area (Å²) in [4.78, 5) is 11.6. The van der Waals surface area contributed by atoms with Gasteiger partial charge in [-0.05, 0) is 31.2 Å². The SMILES string of the molecule is O=C1C[C@H]2CN[C@@H]3CCC[C@H]1[C@H]23. The standard InChI is InChI=1S/C10H15NO/c12-9-4-6-5-11-8-3-1-2-7(9)10(6)8/h6-8,10-11H,1-5H2/t6-,7+,8+,10-/m0/s1. The molecule has 2 aliphatic carbocycles. The maximum atomic E-state index is 11.6. The molecule has 1 saturated heterocycles. The lowest BCUT2D eigenvalue weighted by Crippen LogP contribution is -2.35. The molecule has 1 aliphatic heterocycles. The van der Waals surface area contributed by atoms with Crippen LogP contribution in [0, 0.1) is 17.8 Å². The fourth-order valence-electron chi connectivity index (χ4n) is 3.55. The fraction of sp³-hybridized carbons (Fsp3) is 0.900. The van der Waals surface area contributed by atoms with Crippen LogP contribution in [0.4, 0.5) is 0 Å². The summed E-state index contributed by atoms with van der Waals surface area (Å²) >= 11 is 0. The highest BCUT2D eigenvalue weighted by molar-refractivity contribution is 5.84. The molecule has 0 unspecified atom stereocenters. The second kappa shape index (κ2) is 2.32. The van der Waals surface area contributed by atoms with Crippen molar-refractivity contribution < 1.29 is 4.79 Å². The van der Waals surface area contributed by atoms with Crippen molar-refractivity contribution in [1.29, 1.82) is 0 Å². The molecule has 0 aromatic carbocycles. The first kappa shape index (κ1) is 7.07. The minimum atomic E-state index is 0.448. The summed E-state index contributed by atoms with van der Waals surface area (Å²) in [6, 6.07) is 0.695. The van der Waals surface area contributed by atoms with E-state index in [-0.39, 0.29) is 0 Å². The minimum absolute atomic E-state index is 0.448. The van der Waals surface area contributed by atoms with Gasteiger partial charge in [-0.1, -0.05) is 6.42 Å². The summed E-state index contributed by atoms with van der Waals surface area (Å²) in [7, 11) is 0. The highest BCUT2D eigenvalue weighted by Gasteiger charge is 2.50. The summed E-state index contributed by atoms with van der Waals surface area (Å²) in [6.07, 6.45) is 4.62. The number of Topliss-reactive ketones (excluding diaryl/α,β-unsaturated/α-hetero) is 1. The van der Waals surface area contributed by atoms with E-state index in [1.165, 1.54) is 19.3 Å². The van der Waals surface area contributed by atoms with Gasteiger partial charge in [0.2, 0.25) is 0 Å². The van der Waals surface area contributed by atoms with Gasteiger partial charge in [-0.15, -0.1) is 0 Å². The summed E-state index contributed by atoms with van der Waals surface area (Å²) in [5.74, 6) is 2.44. The highest BCUT2D eigenvalue weighted by Crippen LogP contribution is 2.46. The van der Waals surface area contributed by atoms with Crippen LogP contribution in [-0.2, 0) is 4.79 Å². The fourth-order valence-corrected chi connectivity index (χ4v) is 3.55. The van der Waals surface area contributed by atoms with Crippen molar-refractivity contribution in [1.82, 2.24) is 5.32 Å². The number of hydrogen-bond acceptors (Lipinski definition) is 2. The highest BCUT2D eigenvalue weighted by atomic mass is 16.1. The summed E-state index contributed by atoms with van der Waals surface area (Å²) in [5.41, 5.74) is 0. The molecule has 66 valence electrons. The molecule has 3 rings (SSSR count). The topological polar surface area (TPSA) is 29.1 Å². The van der Waals surface area contributed by atoms with Gasteiger partial charge < -0.3 is 5.32 Å². The van der Waals surface area contributed by atoms with Gasteiger partial charge >= 0.3 is 0 Å². The number of rotatable bonds is 0. The molecule has 1 N–H and O–H groups in total. The van der Waals surface area contributed by atoms with E-state index in [1.54, 1.807) is 0 Å². The van der Waals surface area contributed by atoms with Gasteiger partial charge in [-0.2, -0.15) is 0 Å². The number of hydrogen-bond donors (Lipinski definition) is 1. The first-order chi connectivity index (χ1) is 5.86. The van der Waals surface area contributed by atoms with Crippen molar-refractivity contribution in [3.05, 3.63) is 0 Å². The quantitative estimate of drug-likeness (QED) is 0.579. The lowest BCUT2D eigenvalue weighted by atomic mass is 9.77. The van der Waals surface area contributed by atoms with Crippen LogP contribution in [0.15, 0.2) is 0 Å². The van der Waals surface area contributed by atoms with Gasteiger partial charge in [-0.25, -0.2) is 0 Å². The monoisotopic (exact) mass is 165 g/mol. The van der Waals surface area contributed by atoms with Crippen LogP contribution in [0.3, 0.4) is 0 Å². The van der Waals surface area contributed by atoms with Gasteiger partial charge in [-0.3, -0.25) is 4.79 Å². The largest absolute Gasteiger partial charge is 0.313 e. The molecule has 0 spiro atoms. The molecule has 0 aromatic heterocycles. The van der Waals surface area contributed by atoms with Gasteiger partial charge in [0, 0.05) is 18.4 Å². The summed E-state index contributed by atoms with van der Waals surface area (Å²) < 4.78 is 0. The summed E-state index contributed by atoms with van der Waals surface area (Å²) in [5, 5.41) is 3.56. The van der Waals surface area contributed by atoms with E-state index < -0.39 is 0 Å². The molecule has 1 heterocycles. The lowest BCUT2D eigenvalue weighted by molar-refractivity contribution is -0.122. The smallest absolute Gasteiger partial charge is 0.136 e. The van der Waals surface area contributed by atoms with Crippen LogP contribution in [-0.4, -0.2) is 18.4 Å². The molecule has 0 bridgehead atoms. The van der Waals surface area contributed by atoms with E-state index in [0.717, 1.165) is 18.9 Å². The molecular formula is C10H15NO. The van der Waals surface area contributed by atoms with Crippen LogP contribution in [0.5, 0.6) is 0 Å². The van der Waals surface area contributed by atoms with Crippen LogP contribution >= 0.6 is 0 Å². The molecule has 4 atom stereocenters. The maximum Gasteiger partial charge on any atom is 0.136 e. The predicted molar refractivity (Wildman–Crippen MR) is 45.7 cm³/mol. The van der Waals surface area contributed by atoms with Crippen molar-refractivity contribution in [3.8, 4) is 0 Å². The van der Waals surface area contributed by atoms with Gasteiger partial charge in [0.1, 0.15) is 5.78 Å². The molecule has 3 aliphatic rings. The van der Waals surface area contributed by atoms with E-state index in [9.17, 15) is 4.79 Å². The number of carbonyl (C=O) groups is 1. The first-order valence-electron chi connectivity index (χ1n) is 5.12. The molecule has 0 amide bonds. The Labute approximate surface area is 72.7 Å². The van der Waals surface area contributed by atoms with Crippen molar-refractivity contribution in [2.24, 2.45) is 17.8 Å². The van der Waals surface area contributed by atoms with Crippen molar-refractivity contribution in [2.75, 3.05) is 6.54 Å². The Balaban J connectivity index is 1.94. The zero-order chi connectivity index (χ0) is 8.13. The molecule has 12 heavy (non-hydrogen) atoms. The van der Waals surface area contributed by atoms with Crippen molar-refractivity contribution >= 4 is 5.78 Å². The summed E-state index contributed by atoms with van der Waals surface area (Å²) in [6.45, 7) is 1.11. The van der Waals surface area contributed by atoms with E-state index in [2.05, 4.69) is 5.32 Å². The zero-order valence-corrected chi connectivity index (χ0v) is 7.25. The molecule has 0 radical (unpaired) electrons. The second-order valence-electron chi connectivity index (χ2n) is 4.56. The number of carbonyl (C=O) groups excluding carboxylic acids is 1. The number of nitrogens with one attached hydrogen (secondary N) is 1. The van der Waals surface area contributed by atoms with Crippen LogP contribution in [0.1, 0.15) is 25.7 Å². The average molecular weight is 165 g/mol. The maximum absolute atomic E-state index is 11.6. The molecular weight excluding hydrogens is 150 g/mol. The van der Waals surface area contributed by atoms with Crippen LogP contribution in [0.2, 0.25) is 0 Å². The van der Waals surface area contributed by atoms with Gasteiger partial charge in [0.25, 0.3) is 0 Å². The normalized spacial score (nSPS) is 51.2. The van der Waals surface area contributed by atoms with Crippen LogP contribution in [0.25, 0.3) is 0 Å². The molecule has 2 saturated carbocycles. The molecule has 2 nitrogen and oxygen atoms in total. The Morgan fingerprint density at radius 3 is 3.17 bits per heavy atom. The Morgan fingerprint density at radius 1 is 1.33 bits per heavy atom. The van der Waals surface area contributed by atoms with E-state index in [0.29, 0.717) is 23.7 Å². The molecule has 0 aromatic rings. The third kappa shape index (κ3) is 0.764. The predicted octanol–water partition coefficient (Wildman–Crippen LogP) is 0.964. The van der Waals surface area contributed by atoms with E-state index in [1.807, 2.05) is 0 Å². The Bertz CT molecular complexity index is 224. The molecule has 2 heteroatoms. The Hall–Kier alpha value is -0.370. The average Bonchev–Trinajstić information content (AvgIpc) is 2.61. The van der Waals surface area contributed by atoms with E-state index >= 15 is 0 Å². The molecule has 3 fully saturated rings. The first-order valence-corrected chi connectivity index (χ1v) is 5.12. The van der Waals surface area contributed by atoms with Gasteiger partial charge in [0.15, 0.2) is 0 Å². The Morgan fingerprint density at radius 2 is 2.25 bits per heavy atom. The zero-order valence-electron chi connectivity index (χ0n) is 7.25. The number of ketones is 1. The van der Waals surface area contributed by atoms with Crippen molar-refractivity contribution in [3.63, 3.8) is 0 Å². The lowest BCUT2D eigenvalue weighted by Gasteiger charge is -2.29. The third-order valence-electron chi connectivity index (χ3n) is 4.02. The van der Waals surface area contributed by atoms with E-state index in [4.69, 9.17) is 0 Å². The van der Waals surface area contributed by atoms with Crippen molar-refractivity contribution in [2.45, 2.75) is 31.7 Å². The third-order valence-corrected chi connectivity index (χ3v) is 4.02.